The lowest BCUT2D eigenvalue weighted by atomic mass is 10.1. The first-order valence-electron chi connectivity index (χ1n) is 9.33. The van der Waals surface area contributed by atoms with Gasteiger partial charge in [0.05, 0.1) is 6.61 Å². The maximum absolute atomic E-state index is 11.2. The Morgan fingerprint density at radius 3 is 2.17 bits per heavy atom. The van der Waals surface area contributed by atoms with Crippen LogP contribution in [0.3, 0.4) is 0 Å². The van der Waals surface area contributed by atoms with Crippen LogP contribution in [-0.4, -0.2) is 12.6 Å². The summed E-state index contributed by atoms with van der Waals surface area (Å²) in [6, 6.07) is 7.16. The Morgan fingerprint density at radius 2 is 1.54 bits per heavy atom. The van der Waals surface area contributed by atoms with Crippen LogP contribution in [0.2, 0.25) is 0 Å². The molecule has 0 atom stereocenters. The van der Waals surface area contributed by atoms with Crippen molar-refractivity contribution in [3.8, 4) is 11.5 Å². The Hall–Kier alpha value is -1.77. The van der Waals surface area contributed by atoms with Gasteiger partial charge in [-0.1, -0.05) is 77.4 Å². The van der Waals surface area contributed by atoms with Gasteiger partial charge in [0.15, 0.2) is 0 Å². The molecule has 0 saturated heterocycles. The number of carbonyl (C=O) groups is 1. The van der Waals surface area contributed by atoms with Crippen molar-refractivity contribution in [1.29, 1.82) is 0 Å². The fourth-order valence-corrected chi connectivity index (χ4v) is 2.56. The van der Waals surface area contributed by atoms with Crippen molar-refractivity contribution in [3.63, 3.8) is 0 Å². The summed E-state index contributed by atoms with van der Waals surface area (Å²) in [6.45, 7) is 6.34. The molecule has 24 heavy (non-hydrogen) atoms. The van der Waals surface area contributed by atoms with Gasteiger partial charge in [0.2, 0.25) is 0 Å². The molecule has 0 fully saturated rings. The SMILES string of the molecule is C=CC(=O)Oc1cccc(OCCCCCCCCCCCC)c1. The zero-order valence-electron chi connectivity index (χ0n) is 15.1. The van der Waals surface area contributed by atoms with Crippen LogP contribution in [-0.2, 0) is 4.79 Å². The van der Waals surface area contributed by atoms with Gasteiger partial charge >= 0.3 is 5.97 Å². The molecule has 3 nitrogen and oxygen atoms in total. The molecule has 0 aromatic heterocycles. The van der Waals surface area contributed by atoms with Gasteiger partial charge in [0, 0.05) is 12.1 Å². The third kappa shape index (κ3) is 10.1. The van der Waals surface area contributed by atoms with E-state index in [4.69, 9.17) is 9.47 Å². The molecule has 3 heteroatoms. The van der Waals surface area contributed by atoms with E-state index in [2.05, 4.69) is 13.5 Å². The molecule has 0 amide bonds. The zero-order chi connectivity index (χ0) is 17.5. The molecule has 0 aliphatic rings. The molecule has 0 saturated carbocycles. The van der Waals surface area contributed by atoms with Crippen LogP contribution in [0.15, 0.2) is 36.9 Å². The summed E-state index contributed by atoms with van der Waals surface area (Å²) >= 11 is 0. The molecule has 0 radical (unpaired) electrons. The minimum absolute atomic E-state index is 0.457. The molecule has 1 aromatic rings. The Kier molecular flexibility index (Phi) is 11.5. The predicted molar refractivity (Wildman–Crippen MR) is 99.6 cm³/mol. The van der Waals surface area contributed by atoms with E-state index in [0.717, 1.165) is 18.2 Å². The van der Waals surface area contributed by atoms with E-state index in [0.29, 0.717) is 12.4 Å². The van der Waals surface area contributed by atoms with Gasteiger partial charge < -0.3 is 9.47 Å². The number of carbonyl (C=O) groups excluding carboxylic acids is 1. The summed E-state index contributed by atoms with van der Waals surface area (Å²) in [5, 5.41) is 0. The summed E-state index contributed by atoms with van der Waals surface area (Å²) in [6.07, 6.45) is 14.3. The van der Waals surface area contributed by atoms with E-state index in [-0.39, 0.29) is 0 Å². The van der Waals surface area contributed by atoms with Gasteiger partial charge in [-0.05, 0) is 18.6 Å². The monoisotopic (exact) mass is 332 g/mol. The van der Waals surface area contributed by atoms with Crippen molar-refractivity contribution in [1.82, 2.24) is 0 Å². The highest BCUT2D eigenvalue weighted by molar-refractivity contribution is 5.83. The topological polar surface area (TPSA) is 35.5 Å². The lowest BCUT2D eigenvalue weighted by Gasteiger charge is -2.08. The van der Waals surface area contributed by atoms with Crippen LogP contribution in [0, 0.1) is 0 Å². The highest BCUT2D eigenvalue weighted by atomic mass is 16.5. The Bertz CT molecular complexity index is 468. The number of benzene rings is 1. The average molecular weight is 332 g/mol. The molecule has 0 heterocycles. The minimum atomic E-state index is -0.457. The van der Waals surface area contributed by atoms with Crippen molar-refractivity contribution < 1.29 is 14.3 Å². The van der Waals surface area contributed by atoms with Gasteiger partial charge in [-0.2, -0.15) is 0 Å². The molecule has 1 aromatic carbocycles. The first-order valence-corrected chi connectivity index (χ1v) is 9.33. The van der Waals surface area contributed by atoms with Gasteiger partial charge in [0.1, 0.15) is 11.5 Å². The largest absolute Gasteiger partial charge is 0.493 e. The zero-order valence-corrected chi connectivity index (χ0v) is 15.1. The maximum atomic E-state index is 11.2. The van der Waals surface area contributed by atoms with Crippen LogP contribution in [0.25, 0.3) is 0 Å². The normalized spacial score (nSPS) is 10.4. The second-order valence-corrected chi connectivity index (χ2v) is 6.13. The Morgan fingerprint density at radius 1 is 0.958 bits per heavy atom. The Labute approximate surface area is 147 Å². The van der Waals surface area contributed by atoms with Crippen molar-refractivity contribution in [2.75, 3.05) is 6.61 Å². The number of hydrogen-bond donors (Lipinski definition) is 0. The third-order valence-corrected chi connectivity index (χ3v) is 3.96. The average Bonchev–Trinajstić information content (AvgIpc) is 2.60. The highest BCUT2D eigenvalue weighted by Crippen LogP contribution is 2.20. The Balaban J connectivity index is 2.04. The van der Waals surface area contributed by atoms with Crippen molar-refractivity contribution >= 4 is 5.97 Å². The summed E-state index contributed by atoms with van der Waals surface area (Å²) in [5.41, 5.74) is 0. The second kappa shape index (κ2) is 13.6. The molecular formula is C21H32O3. The number of ether oxygens (including phenoxy) is 2. The van der Waals surface area contributed by atoms with Crippen molar-refractivity contribution in [3.05, 3.63) is 36.9 Å². The first kappa shape index (κ1) is 20.3. The molecule has 0 spiro atoms. The lowest BCUT2D eigenvalue weighted by Crippen LogP contribution is -2.03. The summed E-state index contributed by atoms with van der Waals surface area (Å²) in [7, 11) is 0. The van der Waals surface area contributed by atoms with Crippen molar-refractivity contribution in [2.24, 2.45) is 0 Å². The molecule has 0 aliphatic carbocycles. The van der Waals surface area contributed by atoms with E-state index >= 15 is 0 Å². The number of rotatable bonds is 14. The van der Waals surface area contributed by atoms with E-state index < -0.39 is 5.97 Å². The molecule has 0 bridgehead atoms. The summed E-state index contributed by atoms with van der Waals surface area (Å²) < 4.78 is 10.8. The maximum Gasteiger partial charge on any atom is 0.335 e. The standard InChI is InChI=1S/C21H32O3/c1-3-5-6-7-8-9-10-11-12-13-17-23-19-15-14-16-20(18-19)24-21(22)4-2/h4,14-16,18H,2-3,5-13,17H2,1H3. The lowest BCUT2D eigenvalue weighted by molar-refractivity contribution is -0.128. The smallest absolute Gasteiger partial charge is 0.335 e. The van der Waals surface area contributed by atoms with E-state index in [9.17, 15) is 4.79 Å². The van der Waals surface area contributed by atoms with E-state index in [1.807, 2.05) is 12.1 Å². The third-order valence-electron chi connectivity index (χ3n) is 3.96. The molecule has 0 aliphatic heterocycles. The second-order valence-electron chi connectivity index (χ2n) is 6.13. The van der Waals surface area contributed by atoms with Crippen molar-refractivity contribution in [2.45, 2.75) is 71.1 Å². The fourth-order valence-electron chi connectivity index (χ4n) is 2.56. The van der Waals surface area contributed by atoms with Crippen LogP contribution in [0.1, 0.15) is 71.1 Å². The van der Waals surface area contributed by atoms with Gasteiger partial charge in [0.25, 0.3) is 0 Å². The summed E-state index contributed by atoms with van der Waals surface area (Å²) in [5.74, 6) is 0.766. The first-order chi connectivity index (χ1) is 11.8. The number of unbranched alkanes of at least 4 members (excludes halogenated alkanes) is 9. The molecule has 0 unspecified atom stereocenters. The van der Waals surface area contributed by atoms with E-state index in [1.54, 1.807) is 12.1 Å². The minimum Gasteiger partial charge on any atom is -0.493 e. The highest BCUT2D eigenvalue weighted by Gasteiger charge is 2.01. The summed E-state index contributed by atoms with van der Waals surface area (Å²) in [4.78, 5) is 11.2. The van der Waals surface area contributed by atoms with Gasteiger partial charge in [-0.3, -0.25) is 0 Å². The molecule has 134 valence electrons. The molecule has 1 rings (SSSR count). The predicted octanol–water partition coefficient (Wildman–Crippen LogP) is 6.08. The van der Waals surface area contributed by atoms with Crippen LogP contribution in [0.5, 0.6) is 11.5 Å². The van der Waals surface area contributed by atoms with Crippen LogP contribution >= 0.6 is 0 Å². The van der Waals surface area contributed by atoms with Gasteiger partial charge in [-0.25, -0.2) is 4.79 Å². The quantitative estimate of drug-likeness (QED) is 0.179. The van der Waals surface area contributed by atoms with Crippen LogP contribution in [0.4, 0.5) is 0 Å². The van der Waals surface area contributed by atoms with Crippen LogP contribution < -0.4 is 9.47 Å². The number of hydrogen-bond acceptors (Lipinski definition) is 3. The number of esters is 1. The van der Waals surface area contributed by atoms with Gasteiger partial charge in [-0.15, -0.1) is 0 Å². The van der Waals surface area contributed by atoms with E-state index in [1.165, 1.54) is 57.8 Å². The molecule has 0 N–H and O–H groups in total. The molecular weight excluding hydrogens is 300 g/mol. The fraction of sp³-hybridized carbons (Fsp3) is 0.571.